The highest BCUT2D eigenvalue weighted by Gasteiger charge is 2.32. The molecular weight excluding hydrogens is 264 g/mol. The van der Waals surface area contributed by atoms with Crippen molar-refractivity contribution in [3.05, 3.63) is 23.8 Å². The van der Waals surface area contributed by atoms with Gasteiger partial charge in [-0.3, -0.25) is 0 Å². The van der Waals surface area contributed by atoms with Crippen LogP contribution in [0.15, 0.2) is 18.2 Å². The van der Waals surface area contributed by atoms with E-state index < -0.39 is 0 Å². The molecule has 0 heterocycles. The number of likely N-dealkylation sites (N-methyl/N-ethyl adjacent to an activating group) is 1. The minimum Gasteiger partial charge on any atom is -0.493 e. The van der Waals surface area contributed by atoms with Crippen LogP contribution < -0.4 is 14.8 Å². The first kappa shape index (κ1) is 17.8. The zero-order valence-corrected chi connectivity index (χ0v) is 14.5. The molecule has 4 nitrogen and oxygen atoms in total. The van der Waals surface area contributed by atoms with Crippen LogP contribution in [0.5, 0.6) is 11.5 Å². The highest BCUT2D eigenvalue weighted by atomic mass is 16.5. The zero-order chi connectivity index (χ0) is 16.0. The Morgan fingerprint density at radius 3 is 2.24 bits per heavy atom. The highest BCUT2D eigenvalue weighted by molar-refractivity contribution is 5.44. The van der Waals surface area contributed by atoms with E-state index in [4.69, 9.17) is 9.47 Å². The van der Waals surface area contributed by atoms with Crippen molar-refractivity contribution in [3.63, 3.8) is 0 Å². The third kappa shape index (κ3) is 4.11. The van der Waals surface area contributed by atoms with Crippen molar-refractivity contribution in [1.29, 1.82) is 0 Å². The molecule has 120 valence electrons. The molecule has 0 fully saturated rings. The molecule has 0 aliphatic heterocycles. The number of benzene rings is 1. The molecule has 4 heteroatoms. The van der Waals surface area contributed by atoms with Gasteiger partial charge in [0.15, 0.2) is 11.5 Å². The van der Waals surface area contributed by atoms with Gasteiger partial charge in [0.1, 0.15) is 0 Å². The summed E-state index contributed by atoms with van der Waals surface area (Å²) in [6, 6.07) is 6.37. The first-order valence-electron chi connectivity index (χ1n) is 7.51. The van der Waals surface area contributed by atoms with Crippen molar-refractivity contribution in [2.75, 3.05) is 34.9 Å². The normalized spacial score (nSPS) is 13.3. The molecule has 0 saturated carbocycles. The summed E-state index contributed by atoms with van der Waals surface area (Å²) >= 11 is 0. The zero-order valence-electron chi connectivity index (χ0n) is 14.5. The first-order chi connectivity index (χ1) is 9.88. The monoisotopic (exact) mass is 294 g/mol. The fraction of sp³-hybridized carbons (Fsp3) is 0.647. The summed E-state index contributed by atoms with van der Waals surface area (Å²) in [4.78, 5) is 2.25. The molecule has 1 rings (SSSR count). The minimum absolute atomic E-state index is 0.0191. The molecule has 1 N–H and O–H groups in total. The van der Waals surface area contributed by atoms with Gasteiger partial charge < -0.3 is 19.7 Å². The number of nitrogens with zero attached hydrogens (tertiary/aromatic N) is 1. The Morgan fingerprint density at radius 1 is 1.14 bits per heavy atom. The van der Waals surface area contributed by atoms with Crippen molar-refractivity contribution in [3.8, 4) is 11.5 Å². The van der Waals surface area contributed by atoms with Gasteiger partial charge in [0.05, 0.1) is 20.3 Å². The molecule has 0 aliphatic rings. The van der Waals surface area contributed by atoms with Crippen LogP contribution in [0.1, 0.15) is 38.8 Å². The fourth-order valence-electron chi connectivity index (χ4n) is 2.35. The number of nitrogens with one attached hydrogen (secondary N) is 1. The molecule has 0 radical (unpaired) electrons. The van der Waals surface area contributed by atoms with Crippen LogP contribution in [-0.4, -0.2) is 45.3 Å². The number of hydrogen-bond donors (Lipinski definition) is 1. The summed E-state index contributed by atoms with van der Waals surface area (Å²) in [6.07, 6.45) is 1.10. The van der Waals surface area contributed by atoms with E-state index in [0.717, 1.165) is 24.5 Å². The Labute approximate surface area is 129 Å². The van der Waals surface area contributed by atoms with Gasteiger partial charge in [-0.15, -0.1) is 0 Å². The molecule has 1 atom stereocenters. The maximum atomic E-state index is 5.44. The largest absolute Gasteiger partial charge is 0.493 e. The van der Waals surface area contributed by atoms with Crippen LogP contribution in [0.25, 0.3) is 0 Å². The average molecular weight is 294 g/mol. The third-order valence-corrected chi connectivity index (χ3v) is 4.20. The molecule has 0 aromatic heterocycles. The Bertz CT molecular complexity index is 444. The molecule has 0 amide bonds. The van der Waals surface area contributed by atoms with Gasteiger partial charge in [-0.1, -0.05) is 13.0 Å². The second-order valence-electron chi connectivity index (χ2n) is 6.05. The maximum absolute atomic E-state index is 5.44. The Balaban J connectivity index is 3.20. The maximum Gasteiger partial charge on any atom is 0.161 e. The van der Waals surface area contributed by atoms with E-state index in [9.17, 15) is 0 Å². The summed E-state index contributed by atoms with van der Waals surface area (Å²) < 4.78 is 10.8. The fourth-order valence-corrected chi connectivity index (χ4v) is 2.35. The summed E-state index contributed by atoms with van der Waals surface area (Å²) in [5.74, 6) is 1.53. The third-order valence-electron chi connectivity index (χ3n) is 4.20. The molecule has 0 aliphatic carbocycles. The number of ether oxygens (including phenoxy) is 2. The van der Waals surface area contributed by atoms with Crippen molar-refractivity contribution < 1.29 is 9.47 Å². The van der Waals surface area contributed by atoms with Gasteiger partial charge in [0.2, 0.25) is 0 Å². The van der Waals surface area contributed by atoms with E-state index in [0.29, 0.717) is 0 Å². The second-order valence-corrected chi connectivity index (χ2v) is 6.05. The van der Waals surface area contributed by atoms with E-state index in [1.807, 2.05) is 6.07 Å². The Kier molecular flexibility index (Phi) is 6.49. The molecule has 1 aromatic carbocycles. The van der Waals surface area contributed by atoms with Crippen LogP contribution in [0.4, 0.5) is 0 Å². The van der Waals surface area contributed by atoms with E-state index in [-0.39, 0.29) is 11.6 Å². The summed E-state index contributed by atoms with van der Waals surface area (Å²) in [6.45, 7) is 7.66. The van der Waals surface area contributed by atoms with Crippen molar-refractivity contribution in [2.24, 2.45) is 0 Å². The summed E-state index contributed by atoms with van der Waals surface area (Å²) in [5.41, 5.74) is 1.19. The van der Waals surface area contributed by atoms with Crippen molar-refractivity contribution in [2.45, 2.75) is 38.8 Å². The SMILES string of the molecule is CCCNC(c1ccc(OC)c(OC)c1)C(C)(C)N(C)C. The highest BCUT2D eigenvalue weighted by Crippen LogP contribution is 2.35. The lowest BCUT2D eigenvalue weighted by atomic mass is 9.87. The number of methoxy groups -OCH3 is 2. The molecule has 1 aromatic rings. The average Bonchev–Trinajstić information content (AvgIpc) is 2.46. The van der Waals surface area contributed by atoms with Gasteiger partial charge in [-0.05, 0) is 58.6 Å². The molecule has 0 bridgehead atoms. The first-order valence-corrected chi connectivity index (χ1v) is 7.51. The minimum atomic E-state index is -0.0191. The second kappa shape index (κ2) is 7.66. The standard InChI is InChI=1S/C17H30N2O2/c1-8-11-18-16(17(2,3)19(4)5)13-9-10-14(20-6)15(12-13)21-7/h9-10,12,16,18H,8,11H2,1-7H3. The van der Waals surface area contributed by atoms with Gasteiger partial charge in [-0.25, -0.2) is 0 Å². The summed E-state index contributed by atoms with van der Waals surface area (Å²) in [5, 5.41) is 3.66. The van der Waals surface area contributed by atoms with E-state index >= 15 is 0 Å². The smallest absolute Gasteiger partial charge is 0.161 e. The van der Waals surface area contributed by atoms with Crippen LogP contribution in [-0.2, 0) is 0 Å². The van der Waals surface area contributed by atoms with Gasteiger partial charge >= 0.3 is 0 Å². The molecule has 0 saturated heterocycles. The lowest BCUT2D eigenvalue weighted by Crippen LogP contribution is -2.49. The van der Waals surface area contributed by atoms with Gasteiger partial charge in [-0.2, -0.15) is 0 Å². The lowest BCUT2D eigenvalue weighted by molar-refractivity contribution is 0.138. The lowest BCUT2D eigenvalue weighted by Gasteiger charge is -2.41. The molecule has 1 unspecified atom stereocenters. The quantitative estimate of drug-likeness (QED) is 0.799. The Morgan fingerprint density at radius 2 is 1.76 bits per heavy atom. The van der Waals surface area contributed by atoms with Gasteiger partial charge in [0.25, 0.3) is 0 Å². The van der Waals surface area contributed by atoms with Crippen molar-refractivity contribution >= 4 is 0 Å². The Hall–Kier alpha value is -1.26. The van der Waals surface area contributed by atoms with E-state index in [1.165, 1.54) is 5.56 Å². The molecular formula is C17H30N2O2. The van der Waals surface area contributed by atoms with E-state index in [1.54, 1.807) is 14.2 Å². The summed E-state index contributed by atoms with van der Waals surface area (Å²) in [7, 11) is 7.56. The predicted octanol–water partition coefficient (Wildman–Crippen LogP) is 3.08. The van der Waals surface area contributed by atoms with Crippen molar-refractivity contribution in [1.82, 2.24) is 10.2 Å². The van der Waals surface area contributed by atoms with Crippen LogP contribution in [0.3, 0.4) is 0 Å². The predicted molar refractivity (Wildman–Crippen MR) is 88.3 cm³/mol. The van der Waals surface area contributed by atoms with E-state index in [2.05, 4.69) is 57.2 Å². The molecule has 0 spiro atoms. The number of hydrogen-bond acceptors (Lipinski definition) is 4. The van der Waals surface area contributed by atoms with Crippen LogP contribution >= 0.6 is 0 Å². The van der Waals surface area contributed by atoms with Crippen LogP contribution in [0.2, 0.25) is 0 Å². The van der Waals surface area contributed by atoms with Crippen LogP contribution in [0, 0.1) is 0 Å². The van der Waals surface area contributed by atoms with Gasteiger partial charge in [0, 0.05) is 5.54 Å². The topological polar surface area (TPSA) is 33.7 Å². The number of rotatable bonds is 8. The molecule has 21 heavy (non-hydrogen) atoms.